The third kappa shape index (κ3) is 8.73. The molecule has 11 heteroatoms. The van der Waals surface area contributed by atoms with Crippen LogP contribution in [0.5, 0.6) is 0 Å². The molecule has 1 amide bonds. The Labute approximate surface area is 295 Å². The normalized spacial score (nSPS) is 21.4. The van der Waals surface area contributed by atoms with Gasteiger partial charge in [0.05, 0.1) is 8.30 Å². The number of nitrogens with zero attached hydrogens (tertiary/aromatic N) is 4. The first-order chi connectivity index (χ1) is 26.3. The van der Waals surface area contributed by atoms with Crippen molar-refractivity contribution in [3.63, 3.8) is 0 Å². The summed E-state index contributed by atoms with van der Waals surface area (Å²) in [6, 6.07) is 15.2. The molecule has 3 aromatic carbocycles. The van der Waals surface area contributed by atoms with E-state index in [-0.39, 0.29) is 37.0 Å². The number of carbonyl (C=O) groups excluding carboxylic acids is 1. The van der Waals surface area contributed by atoms with Crippen LogP contribution in [0.1, 0.15) is 61.1 Å². The highest BCUT2D eigenvalue weighted by molar-refractivity contribution is 7.98. The molecule has 1 aliphatic carbocycles. The summed E-state index contributed by atoms with van der Waals surface area (Å²) < 4.78 is 134. The van der Waals surface area contributed by atoms with Gasteiger partial charge in [-0.1, -0.05) is 81.1 Å². The largest absolute Gasteiger partial charge is 0.416 e. The van der Waals surface area contributed by atoms with Gasteiger partial charge in [-0.05, 0) is 78.2 Å². The average Bonchev–Trinajstić information content (AvgIpc) is 3.24. The van der Waals surface area contributed by atoms with E-state index in [4.69, 9.17) is 9.60 Å². The summed E-state index contributed by atoms with van der Waals surface area (Å²) in [5, 5.41) is -0.826. The fourth-order valence-electron chi connectivity index (χ4n) is 5.02. The molecule has 0 aliphatic heterocycles. The monoisotopic (exact) mass is 689 g/mol. The van der Waals surface area contributed by atoms with Gasteiger partial charge in [-0.3, -0.25) is 9.59 Å². The first-order valence-electron chi connectivity index (χ1n) is 19.7. The quantitative estimate of drug-likeness (QED) is 0.0829. The zero-order valence-electron chi connectivity index (χ0n) is 35.5. The van der Waals surface area contributed by atoms with Crippen molar-refractivity contribution in [1.82, 2.24) is 19.4 Å². The van der Waals surface area contributed by atoms with E-state index >= 15 is 0 Å². The average molecular weight is 690 g/mol. The smallest absolute Gasteiger partial charge is 0.336 e. The van der Waals surface area contributed by atoms with Gasteiger partial charge in [-0.15, -0.1) is 0 Å². The Balaban J connectivity index is 1.63. The van der Waals surface area contributed by atoms with Crippen LogP contribution in [0.15, 0.2) is 82.7 Å². The number of likely N-dealkylation sites (N-methyl/N-ethyl adjacent to an activating group) is 1. The summed E-state index contributed by atoms with van der Waals surface area (Å²) in [5.41, 5.74) is -5.37. The van der Waals surface area contributed by atoms with Crippen LogP contribution in [0, 0.1) is 11.7 Å². The van der Waals surface area contributed by atoms with Crippen molar-refractivity contribution in [2.24, 2.45) is 5.89 Å². The number of hydrogen-bond donors (Lipinski definition) is 0. The highest BCUT2D eigenvalue weighted by Crippen LogP contribution is 2.32. The van der Waals surface area contributed by atoms with E-state index in [0.717, 1.165) is 48.2 Å². The van der Waals surface area contributed by atoms with Crippen LogP contribution in [-0.4, -0.2) is 51.4 Å². The lowest BCUT2D eigenvalue weighted by atomic mass is 10.0. The molecule has 5 rings (SSSR count). The fourth-order valence-corrected chi connectivity index (χ4v) is 5.72. The second-order valence-electron chi connectivity index (χ2n) is 11.0. The number of aromatic nitrogens is 2. The molecule has 1 heterocycles. The molecule has 1 unspecified atom stereocenters. The molecule has 0 saturated carbocycles. The van der Waals surface area contributed by atoms with E-state index in [1.54, 1.807) is 24.3 Å². The van der Waals surface area contributed by atoms with Gasteiger partial charge in [0.25, 0.3) is 5.56 Å². The Kier molecular flexibility index (Phi) is 8.10. The van der Waals surface area contributed by atoms with Gasteiger partial charge >= 0.3 is 6.18 Å². The number of halogens is 4. The third-order valence-electron chi connectivity index (χ3n) is 7.73. The van der Waals surface area contributed by atoms with Crippen LogP contribution in [0.2, 0.25) is 0 Å². The summed E-state index contributed by atoms with van der Waals surface area (Å²) in [6.07, 6.45) is -10.7. The molecule has 0 saturated heterocycles. The maximum absolute atomic E-state index is 14.7. The number of alkyl halides is 3. The fraction of sp³-hybridized carbons (Fsp3) is 0.378. The minimum atomic E-state index is -4.51. The van der Waals surface area contributed by atoms with E-state index in [9.17, 15) is 29.9 Å². The van der Waals surface area contributed by atoms with E-state index in [1.165, 1.54) is 12.1 Å². The van der Waals surface area contributed by atoms with Crippen molar-refractivity contribution in [2.75, 3.05) is 26.2 Å². The number of benzene rings is 3. The Morgan fingerprint density at radius 2 is 1.58 bits per heavy atom. The second kappa shape index (κ2) is 15.5. The lowest BCUT2D eigenvalue weighted by Crippen LogP contribution is -2.40. The van der Waals surface area contributed by atoms with Gasteiger partial charge in [0.1, 0.15) is 12.3 Å². The van der Waals surface area contributed by atoms with Crippen molar-refractivity contribution < 1.29 is 34.7 Å². The number of fused-ring (bicyclic) bond motifs is 1. The highest BCUT2D eigenvalue weighted by Gasteiger charge is 2.30. The van der Waals surface area contributed by atoms with Gasteiger partial charge in [0.15, 0.2) is 5.16 Å². The van der Waals surface area contributed by atoms with Crippen LogP contribution >= 0.6 is 11.8 Å². The number of rotatable bonds is 13. The first kappa shape index (κ1) is 25.1. The Morgan fingerprint density at radius 1 is 0.979 bits per heavy atom. The first-order valence-corrected chi connectivity index (χ1v) is 16.0. The van der Waals surface area contributed by atoms with E-state index < -0.39 is 76.3 Å². The molecule has 1 aromatic heterocycles. The maximum Gasteiger partial charge on any atom is 0.416 e. The zero-order valence-corrected chi connectivity index (χ0v) is 27.3. The summed E-state index contributed by atoms with van der Waals surface area (Å²) in [4.78, 5) is 35.2. The molecule has 1 aliphatic rings. The standard InChI is InChI=1S/C37H40F4N4O2S/c1-4-43(5-2)18-19-44(22-26-6-10-28(11-7-26)29-12-14-30(15-13-29)37(39,40)41)34(46)23-45-33-21-25(3)20-32(33)35(47)42-36(45)48-24-27-8-16-31(38)17-9-27/h6-17,25H,4-5,18-24H2,1-3H3/i20D2,21D2,23D2,24D2,25D. The zero-order chi connectivity index (χ0) is 42.5. The number of amides is 1. The molecule has 0 N–H and O–H groups in total. The SMILES string of the molecule is [2H]C([2H])(Sc1nc(=O)c2c(n1C([2H])([2H])C(=O)N(CCN(CC)CC)Cc1ccc(-c3ccc(C(F)(F)F)cc3)cc1)C([2H])([2H])C([2H])(C)C2([2H])[2H])c1ccc(F)cc1. The van der Waals surface area contributed by atoms with Gasteiger partial charge in [-0.2, -0.15) is 18.2 Å². The van der Waals surface area contributed by atoms with Crippen LogP contribution in [0.4, 0.5) is 17.6 Å². The summed E-state index contributed by atoms with van der Waals surface area (Å²) in [5.74, 6) is -4.72. The van der Waals surface area contributed by atoms with Gasteiger partial charge in [0, 0.05) is 46.2 Å². The lowest BCUT2D eigenvalue weighted by Gasteiger charge is -2.28. The molecule has 4 aromatic rings. The van der Waals surface area contributed by atoms with E-state index in [2.05, 4.69) is 4.98 Å². The molecule has 0 bridgehead atoms. The molecule has 1 atom stereocenters. The minimum absolute atomic E-state index is 0.0841. The highest BCUT2D eigenvalue weighted by atomic mass is 32.2. The summed E-state index contributed by atoms with van der Waals surface area (Å²) in [7, 11) is 0. The maximum atomic E-state index is 14.7. The number of thioether (sulfide) groups is 1. The topological polar surface area (TPSA) is 58.4 Å². The summed E-state index contributed by atoms with van der Waals surface area (Å²) in [6.45, 7) is 2.35. The van der Waals surface area contributed by atoms with Crippen molar-refractivity contribution in [3.8, 4) is 11.1 Å². The molecule has 254 valence electrons. The summed E-state index contributed by atoms with van der Waals surface area (Å²) >= 11 is 0.131. The van der Waals surface area contributed by atoms with E-state index in [1.807, 2.05) is 18.7 Å². The third-order valence-corrected chi connectivity index (χ3v) is 8.53. The predicted molar refractivity (Wildman–Crippen MR) is 181 cm³/mol. The molecule has 0 radical (unpaired) electrons. The molecule has 0 spiro atoms. The minimum Gasteiger partial charge on any atom is -0.336 e. The van der Waals surface area contributed by atoms with Gasteiger partial charge in [0.2, 0.25) is 5.91 Å². The van der Waals surface area contributed by atoms with Crippen LogP contribution < -0.4 is 5.56 Å². The molecular formula is C37H40F4N4O2S. The van der Waals surface area contributed by atoms with Crippen LogP contribution in [0.3, 0.4) is 0 Å². The lowest BCUT2D eigenvalue weighted by molar-refractivity contribution is -0.137. The predicted octanol–water partition coefficient (Wildman–Crippen LogP) is 7.47. The van der Waals surface area contributed by atoms with Crippen molar-refractivity contribution >= 4 is 17.7 Å². The molecule has 0 fully saturated rings. The van der Waals surface area contributed by atoms with Crippen molar-refractivity contribution in [1.29, 1.82) is 0 Å². The van der Waals surface area contributed by atoms with Crippen LogP contribution in [-0.2, 0) is 42.5 Å². The van der Waals surface area contributed by atoms with Crippen LogP contribution in [0.25, 0.3) is 11.1 Å². The van der Waals surface area contributed by atoms with Gasteiger partial charge < -0.3 is 14.4 Å². The molecular weight excluding hydrogens is 640 g/mol. The van der Waals surface area contributed by atoms with E-state index in [0.29, 0.717) is 34.3 Å². The van der Waals surface area contributed by atoms with Gasteiger partial charge in [-0.25, -0.2) is 4.39 Å². The Morgan fingerprint density at radius 3 is 2.19 bits per heavy atom. The Hall–Kier alpha value is -3.96. The molecule has 6 nitrogen and oxygen atoms in total. The number of hydrogen-bond acceptors (Lipinski definition) is 5. The van der Waals surface area contributed by atoms with Crippen molar-refractivity contribution in [2.45, 2.75) is 63.6 Å². The second-order valence-corrected chi connectivity index (χ2v) is 11.8. The van der Waals surface area contributed by atoms with Crippen molar-refractivity contribution in [3.05, 3.63) is 117 Å². The number of carbonyl (C=O) groups is 1. The molecule has 48 heavy (non-hydrogen) atoms. The Bertz CT molecular complexity index is 2160.